The highest BCUT2D eigenvalue weighted by atomic mass is 35.5. The first kappa shape index (κ1) is 12.5. The van der Waals surface area contributed by atoms with Crippen LogP contribution in [0.4, 0.5) is 11.4 Å². The number of morpholine rings is 1. The van der Waals surface area contributed by atoms with E-state index in [4.69, 9.17) is 16.3 Å². The third-order valence-corrected chi connectivity index (χ3v) is 3.32. The Hall–Kier alpha value is -0.930. The second-order valence-electron chi connectivity index (χ2n) is 4.58. The summed E-state index contributed by atoms with van der Waals surface area (Å²) >= 11 is 6.20. The summed E-state index contributed by atoms with van der Waals surface area (Å²) in [5, 5.41) is 3.83. The smallest absolute Gasteiger partial charge is 0.0726 e. The molecule has 0 radical (unpaired) electrons. The molecule has 0 aliphatic carbocycles. The summed E-state index contributed by atoms with van der Waals surface area (Å²) in [6, 6.07) is 6.13. The maximum Gasteiger partial charge on any atom is 0.0726 e. The quantitative estimate of drug-likeness (QED) is 0.878. The van der Waals surface area contributed by atoms with Crippen LogP contribution >= 0.6 is 11.6 Å². The van der Waals surface area contributed by atoms with Crippen LogP contribution in [0.1, 0.15) is 13.8 Å². The topological polar surface area (TPSA) is 24.5 Å². The number of hydrogen-bond acceptors (Lipinski definition) is 3. The van der Waals surface area contributed by atoms with Crippen molar-refractivity contribution < 1.29 is 4.74 Å². The van der Waals surface area contributed by atoms with Crippen LogP contribution in [0.3, 0.4) is 0 Å². The van der Waals surface area contributed by atoms with Crippen LogP contribution in [0, 0.1) is 0 Å². The zero-order chi connectivity index (χ0) is 12.4. The summed E-state index contributed by atoms with van der Waals surface area (Å²) in [5.41, 5.74) is 2.13. The number of halogens is 1. The van der Waals surface area contributed by atoms with E-state index < -0.39 is 0 Å². The third kappa shape index (κ3) is 2.85. The number of ether oxygens (including phenoxy) is 1. The lowest BCUT2D eigenvalue weighted by Crippen LogP contribution is -2.45. The van der Waals surface area contributed by atoms with Crippen molar-refractivity contribution in [3.63, 3.8) is 0 Å². The van der Waals surface area contributed by atoms with E-state index in [9.17, 15) is 0 Å². The Morgan fingerprint density at radius 3 is 2.47 bits per heavy atom. The molecule has 0 spiro atoms. The van der Waals surface area contributed by atoms with Crippen molar-refractivity contribution >= 4 is 23.0 Å². The summed E-state index contributed by atoms with van der Waals surface area (Å²) in [6.45, 7) is 6.04. The SMILES string of the molecule is CNc1ccc(N2CC(C)OC(C)C2)cc1Cl. The van der Waals surface area contributed by atoms with Gasteiger partial charge in [0.05, 0.1) is 22.9 Å². The van der Waals surface area contributed by atoms with Gasteiger partial charge in [-0.25, -0.2) is 0 Å². The first-order valence-corrected chi connectivity index (χ1v) is 6.35. The highest BCUT2D eigenvalue weighted by molar-refractivity contribution is 6.33. The fourth-order valence-corrected chi connectivity index (χ4v) is 2.56. The molecule has 94 valence electrons. The van der Waals surface area contributed by atoms with Gasteiger partial charge in [-0.3, -0.25) is 0 Å². The van der Waals surface area contributed by atoms with Gasteiger partial charge in [0.1, 0.15) is 0 Å². The average molecular weight is 255 g/mol. The lowest BCUT2D eigenvalue weighted by molar-refractivity contribution is -0.00521. The highest BCUT2D eigenvalue weighted by Crippen LogP contribution is 2.28. The predicted octanol–water partition coefficient (Wildman–Crippen LogP) is 3.00. The monoisotopic (exact) mass is 254 g/mol. The summed E-state index contributed by atoms with van der Waals surface area (Å²) < 4.78 is 5.73. The van der Waals surface area contributed by atoms with Crippen molar-refractivity contribution in [3.05, 3.63) is 23.2 Å². The average Bonchev–Trinajstić information content (AvgIpc) is 2.27. The van der Waals surface area contributed by atoms with E-state index >= 15 is 0 Å². The van der Waals surface area contributed by atoms with Gasteiger partial charge in [-0.2, -0.15) is 0 Å². The Bertz CT molecular complexity index is 387. The molecule has 0 aromatic heterocycles. The van der Waals surface area contributed by atoms with E-state index in [1.807, 2.05) is 19.2 Å². The second-order valence-corrected chi connectivity index (χ2v) is 4.98. The molecular weight excluding hydrogens is 236 g/mol. The van der Waals surface area contributed by atoms with Crippen molar-refractivity contribution in [2.24, 2.45) is 0 Å². The molecule has 2 rings (SSSR count). The lowest BCUT2D eigenvalue weighted by atomic mass is 10.2. The Kier molecular flexibility index (Phi) is 3.79. The van der Waals surface area contributed by atoms with Gasteiger partial charge in [-0.05, 0) is 32.0 Å². The normalized spacial score (nSPS) is 24.8. The van der Waals surface area contributed by atoms with Crippen LogP contribution in [0.15, 0.2) is 18.2 Å². The lowest BCUT2D eigenvalue weighted by Gasteiger charge is -2.37. The van der Waals surface area contributed by atoms with Crippen LogP contribution in [0.5, 0.6) is 0 Å². The number of rotatable bonds is 2. The number of hydrogen-bond donors (Lipinski definition) is 1. The molecule has 1 heterocycles. The molecule has 1 aromatic carbocycles. The van der Waals surface area contributed by atoms with E-state index in [-0.39, 0.29) is 12.2 Å². The fraction of sp³-hybridized carbons (Fsp3) is 0.538. The van der Waals surface area contributed by atoms with Crippen molar-refractivity contribution in [2.75, 3.05) is 30.4 Å². The molecular formula is C13H19ClN2O. The first-order chi connectivity index (χ1) is 8.10. The molecule has 1 aromatic rings. The van der Waals surface area contributed by atoms with Crippen LogP contribution in [-0.2, 0) is 4.74 Å². The van der Waals surface area contributed by atoms with Gasteiger partial charge in [-0.15, -0.1) is 0 Å². The van der Waals surface area contributed by atoms with E-state index in [1.165, 1.54) is 0 Å². The molecule has 1 saturated heterocycles. The Labute approximate surface area is 108 Å². The predicted molar refractivity (Wildman–Crippen MR) is 73.2 cm³/mol. The van der Waals surface area contributed by atoms with Crippen molar-refractivity contribution in [1.82, 2.24) is 0 Å². The van der Waals surface area contributed by atoms with Gasteiger partial charge in [-0.1, -0.05) is 11.6 Å². The standard InChI is InChI=1S/C13H19ClN2O/c1-9-7-16(8-10(2)17-9)11-4-5-13(15-3)12(14)6-11/h4-6,9-10,15H,7-8H2,1-3H3. The molecule has 2 unspecified atom stereocenters. The van der Waals surface area contributed by atoms with Crippen molar-refractivity contribution in [3.8, 4) is 0 Å². The van der Waals surface area contributed by atoms with Crippen LogP contribution in [0.2, 0.25) is 5.02 Å². The molecule has 1 fully saturated rings. The van der Waals surface area contributed by atoms with Gasteiger partial charge >= 0.3 is 0 Å². The van der Waals surface area contributed by atoms with E-state index in [2.05, 4.69) is 30.1 Å². The minimum Gasteiger partial charge on any atom is -0.387 e. The Morgan fingerprint density at radius 2 is 1.94 bits per heavy atom. The molecule has 17 heavy (non-hydrogen) atoms. The minimum atomic E-state index is 0.265. The highest BCUT2D eigenvalue weighted by Gasteiger charge is 2.22. The third-order valence-electron chi connectivity index (χ3n) is 3.01. The largest absolute Gasteiger partial charge is 0.387 e. The molecule has 3 nitrogen and oxygen atoms in total. The Morgan fingerprint density at radius 1 is 1.29 bits per heavy atom. The molecule has 1 aliphatic rings. The van der Waals surface area contributed by atoms with E-state index in [1.54, 1.807) is 0 Å². The number of nitrogens with zero attached hydrogens (tertiary/aromatic N) is 1. The first-order valence-electron chi connectivity index (χ1n) is 5.98. The van der Waals surface area contributed by atoms with E-state index in [0.29, 0.717) is 0 Å². The molecule has 1 aliphatic heterocycles. The maximum absolute atomic E-state index is 6.20. The molecule has 0 saturated carbocycles. The van der Waals surface area contributed by atoms with Crippen molar-refractivity contribution in [1.29, 1.82) is 0 Å². The molecule has 2 atom stereocenters. The van der Waals surface area contributed by atoms with Gasteiger partial charge in [0, 0.05) is 25.8 Å². The van der Waals surface area contributed by atoms with Crippen LogP contribution < -0.4 is 10.2 Å². The zero-order valence-corrected chi connectivity index (χ0v) is 11.3. The summed E-state index contributed by atoms with van der Waals surface area (Å²) in [6.07, 6.45) is 0.531. The number of nitrogens with one attached hydrogen (secondary N) is 1. The maximum atomic E-state index is 6.20. The molecule has 0 bridgehead atoms. The van der Waals surface area contributed by atoms with Crippen molar-refractivity contribution in [2.45, 2.75) is 26.1 Å². The summed E-state index contributed by atoms with van der Waals surface area (Å²) in [5.74, 6) is 0. The second kappa shape index (κ2) is 5.15. The van der Waals surface area contributed by atoms with Gasteiger partial charge < -0.3 is 15.0 Å². The zero-order valence-electron chi connectivity index (χ0n) is 10.5. The summed E-state index contributed by atoms with van der Waals surface area (Å²) in [4.78, 5) is 2.32. The van der Waals surface area contributed by atoms with Gasteiger partial charge in [0.2, 0.25) is 0 Å². The van der Waals surface area contributed by atoms with Gasteiger partial charge in [0.25, 0.3) is 0 Å². The van der Waals surface area contributed by atoms with Crippen LogP contribution in [-0.4, -0.2) is 32.3 Å². The molecule has 0 amide bonds. The van der Waals surface area contributed by atoms with Crippen LogP contribution in [0.25, 0.3) is 0 Å². The van der Waals surface area contributed by atoms with E-state index in [0.717, 1.165) is 29.5 Å². The molecule has 4 heteroatoms. The number of benzene rings is 1. The Balaban J connectivity index is 2.19. The number of anilines is 2. The summed E-state index contributed by atoms with van der Waals surface area (Å²) in [7, 11) is 1.87. The van der Waals surface area contributed by atoms with Gasteiger partial charge in [0.15, 0.2) is 0 Å². The minimum absolute atomic E-state index is 0.265. The molecule has 1 N–H and O–H groups in total. The fourth-order valence-electron chi connectivity index (χ4n) is 2.29.